The van der Waals surface area contributed by atoms with Crippen molar-refractivity contribution < 1.29 is 9.53 Å². The Morgan fingerprint density at radius 3 is 2.69 bits per heavy atom. The summed E-state index contributed by atoms with van der Waals surface area (Å²) < 4.78 is 6.23. The van der Waals surface area contributed by atoms with Crippen LogP contribution in [0.1, 0.15) is 79.1 Å². The molecule has 1 saturated heterocycles. The summed E-state index contributed by atoms with van der Waals surface area (Å²) in [5.41, 5.74) is 0.803. The van der Waals surface area contributed by atoms with Crippen LogP contribution in [0.4, 0.5) is 0 Å². The number of carbonyl (C=O) groups is 1. The Hall–Kier alpha value is -0.570. The zero-order chi connectivity index (χ0) is 18.7. The predicted octanol–water partition coefficient (Wildman–Crippen LogP) is 4.89. The summed E-state index contributed by atoms with van der Waals surface area (Å²) in [6.45, 7) is 10.7. The van der Waals surface area contributed by atoms with E-state index in [4.69, 9.17) is 4.74 Å². The van der Waals surface area contributed by atoms with Gasteiger partial charge in [0.15, 0.2) is 0 Å². The molecule has 3 heteroatoms. The molecule has 1 amide bonds. The molecule has 3 saturated carbocycles. The Morgan fingerprint density at radius 1 is 1.19 bits per heavy atom. The summed E-state index contributed by atoms with van der Waals surface area (Å²) >= 11 is 0. The maximum absolute atomic E-state index is 12.3. The Bertz CT molecular complexity index is 562. The largest absolute Gasteiger partial charge is 0.378 e. The number of ether oxygens (including phenoxy) is 1. The van der Waals surface area contributed by atoms with Crippen LogP contribution in [-0.2, 0) is 9.53 Å². The molecule has 0 radical (unpaired) electrons. The monoisotopic (exact) mass is 361 g/mol. The van der Waals surface area contributed by atoms with Gasteiger partial charge >= 0.3 is 0 Å². The highest BCUT2D eigenvalue weighted by Crippen LogP contribution is 2.66. The van der Waals surface area contributed by atoms with Crippen LogP contribution >= 0.6 is 0 Å². The van der Waals surface area contributed by atoms with E-state index in [0.29, 0.717) is 28.9 Å². The number of piperidine rings is 1. The normalized spacial score (nSPS) is 51.0. The highest BCUT2D eigenvalue weighted by molar-refractivity contribution is 5.77. The Labute approximate surface area is 160 Å². The molecule has 8 atom stereocenters. The van der Waals surface area contributed by atoms with Gasteiger partial charge in [-0.1, -0.05) is 27.7 Å². The molecule has 4 aliphatic rings. The molecular formula is C23H39NO2. The van der Waals surface area contributed by atoms with E-state index >= 15 is 0 Å². The lowest BCUT2D eigenvalue weighted by Gasteiger charge is -2.63. The van der Waals surface area contributed by atoms with Crippen LogP contribution in [-0.4, -0.2) is 36.6 Å². The summed E-state index contributed by atoms with van der Waals surface area (Å²) in [7, 11) is 2.06. The SMILES string of the molecule is CCCOC1C[C@H]2[C@@H]3C(C)CC4N(C)C(=O)CC[C@]4(C)[C@@H]3CC[C@]2(C)C1. The van der Waals surface area contributed by atoms with Crippen molar-refractivity contribution in [2.24, 2.45) is 34.5 Å². The van der Waals surface area contributed by atoms with E-state index in [-0.39, 0.29) is 0 Å². The van der Waals surface area contributed by atoms with E-state index in [0.717, 1.165) is 49.5 Å². The molecule has 26 heavy (non-hydrogen) atoms. The van der Waals surface area contributed by atoms with Crippen LogP contribution in [0.5, 0.6) is 0 Å². The number of likely N-dealkylation sites (tertiary alicyclic amines) is 1. The Balaban J connectivity index is 1.61. The molecular weight excluding hydrogens is 322 g/mol. The van der Waals surface area contributed by atoms with Gasteiger partial charge in [0.05, 0.1) is 6.10 Å². The zero-order valence-corrected chi connectivity index (χ0v) is 17.6. The summed E-state index contributed by atoms with van der Waals surface area (Å²) in [6.07, 6.45) is 9.93. The van der Waals surface area contributed by atoms with Crippen LogP contribution in [0.2, 0.25) is 0 Å². The molecule has 0 aromatic rings. The smallest absolute Gasteiger partial charge is 0.222 e. The summed E-state index contributed by atoms with van der Waals surface area (Å²) in [6, 6.07) is 0.456. The minimum Gasteiger partial charge on any atom is -0.378 e. The molecule has 4 rings (SSSR count). The first-order valence-corrected chi connectivity index (χ1v) is 11.2. The van der Waals surface area contributed by atoms with Crippen molar-refractivity contribution in [3.8, 4) is 0 Å². The number of amides is 1. The van der Waals surface area contributed by atoms with Gasteiger partial charge in [0.2, 0.25) is 5.91 Å². The van der Waals surface area contributed by atoms with Crippen molar-refractivity contribution in [1.29, 1.82) is 0 Å². The van der Waals surface area contributed by atoms with Crippen LogP contribution in [0.3, 0.4) is 0 Å². The van der Waals surface area contributed by atoms with Gasteiger partial charge in [-0.25, -0.2) is 0 Å². The number of hydrogen-bond acceptors (Lipinski definition) is 2. The number of carbonyl (C=O) groups excluding carboxylic acids is 1. The molecule has 0 bridgehead atoms. The van der Waals surface area contributed by atoms with E-state index in [2.05, 4.69) is 39.6 Å². The molecule has 3 nitrogen and oxygen atoms in total. The highest BCUT2D eigenvalue weighted by Gasteiger charge is 2.62. The first kappa shape index (κ1) is 18.8. The van der Waals surface area contributed by atoms with Gasteiger partial charge < -0.3 is 9.64 Å². The first-order chi connectivity index (χ1) is 12.3. The van der Waals surface area contributed by atoms with Gasteiger partial charge in [-0.2, -0.15) is 0 Å². The van der Waals surface area contributed by atoms with E-state index in [1.165, 1.54) is 32.1 Å². The van der Waals surface area contributed by atoms with Crippen molar-refractivity contribution in [3.05, 3.63) is 0 Å². The fourth-order valence-corrected chi connectivity index (χ4v) is 7.87. The van der Waals surface area contributed by atoms with Gasteiger partial charge in [-0.15, -0.1) is 0 Å². The minimum absolute atomic E-state index is 0.323. The maximum atomic E-state index is 12.3. The topological polar surface area (TPSA) is 29.5 Å². The van der Waals surface area contributed by atoms with Gasteiger partial charge in [0.1, 0.15) is 0 Å². The molecule has 0 aromatic carbocycles. The van der Waals surface area contributed by atoms with Gasteiger partial charge in [-0.3, -0.25) is 4.79 Å². The molecule has 0 spiro atoms. The van der Waals surface area contributed by atoms with E-state index < -0.39 is 0 Å². The fourth-order valence-electron chi connectivity index (χ4n) is 7.87. The minimum atomic E-state index is 0.323. The lowest BCUT2D eigenvalue weighted by atomic mass is 9.45. The van der Waals surface area contributed by atoms with Gasteiger partial charge in [-0.05, 0) is 79.4 Å². The standard InChI is InChI=1S/C23H39NO2/c1-6-11-26-16-13-18-21-15(2)12-19-23(4,10-8-20(25)24(19)5)17(21)7-9-22(18,3)14-16/h15-19,21H,6-14H2,1-5H3/t15?,16?,17-,18+,19?,21-,22-,23-/m1/s1. The summed E-state index contributed by atoms with van der Waals surface area (Å²) in [5, 5.41) is 0. The molecule has 3 unspecified atom stereocenters. The third-order valence-corrected chi connectivity index (χ3v) is 9.22. The zero-order valence-electron chi connectivity index (χ0n) is 17.6. The van der Waals surface area contributed by atoms with Crippen LogP contribution in [0.25, 0.3) is 0 Å². The average molecular weight is 362 g/mol. The second-order valence-electron chi connectivity index (χ2n) is 10.7. The summed E-state index contributed by atoms with van der Waals surface area (Å²) in [5.74, 6) is 3.52. The van der Waals surface area contributed by atoms with Crippen molar-refractivity contribution in [2.45, 2.75) is 91.2 Å². The van der Waals surface area contributed by atoms with E-state index in [9.17, 15) is 4.79 Å². The first-order valence-electron chi connectivity index (χ1n) is 11.2. The van der Waals surface area contributed by atoms with Crippen LogP contribution < -0.4 is 0 Å². The highest BCUT2D eigenvalue weighted by atomic mass is 16.5. The van der Waals surface area contributed by atoms with E-state index in [1.54, 1.807) is 0 Å². The van der Waals surface area contributed by atoms with Crippen LogP contribution in [0, 0.1) is 34.5 Å². The number of hydrogen-bond donors (Lipinski definition) is 0. The van der Waals surface area contributed by atoms with Crippen LogP contribution in [0.15, 0.2) is 0 Å². The van der Waals surface area contributed by atoms with Crippen molar-refractivity contribution in [3.63, 3.8) is 0 Å². The number of nitrogens with zero attached hydrogens (tertiary/aromatic N) is 1. The number of fused-ring (bicyclic) bond motifs is 5. The molecule has 0 N–H and O–H groups in total. The molecule has 3 aliphatic carbocycles. The molecule has 4 fully saturated rings. The second-order valence-corrected chi connectivity index (χ2v) is 10.7. The maximum Gasteiger partial charge on any atom is 0.222 e. The lowest BCUT2D eigenvalue weighted by molar-refractivity contribution is -0.164. The number of rotatable bonds is 3. The third kappa shape index (κ3) is 2.67. The summed E-state index contributed by atoms with van der Waals surface area (Å²) in [4.78, 5) is 14.5. The predicted molar refractivity (Wildman–Crippen MR) is 105 cm³/mol. The molecule has 1 aliphatic heterocycles. The molecule has 0 aromatic heterocycles. The van der Waals surface area contributed by atoms with Gasteiger partial charge in [0.25, 0.3) is 0 Å². The second kappa shape index (κ2) is 6.50. The molecule has 1 heterocycles. The quantitative estimate of drug-likeness (QED) is 0.716. The third-order valence-electron chi connectivity index (χ3n) is 9.22. The Morgan fingerprint density at radius 2 is 1.96 bits per heavy atom. The van der Waals surface area contributed by atoms with Crippen molar-refractivity contribution in [1.82, 2.24) is 4.90 Å². The van der Waals surface area contributed by atoms with E-state index in [1.807, 2.05) is 0 Å². The molecule has 148 valence electrons. The Kier molecular flexibility index (Phi) is 4.69. The lowest BCUT2D eigenvalue weighted by Crippen LogP contribution is -2.62. The van der Waals surface area contributed by atoms with Crippen molar-refractivity contribution >= 4 is 5.91 Å². The van der Waals surface area contributed by atoms with Gasteiger partial charge in [0, 0.05) is 26.1 Å². The van der Waals surface area contributed by atoms with Crippen molar-refractivity contribution in [2.75, 3.05) is 13.7 Å². The fraction of sp³-hybridized carbons (Fsp3) is 0.957. The average Bonchev–Trinajstić information content (AvgIpc) is 2.95.